The van der Waals surface area contributed by atoms with Crippen LogP contribution in [0.15, 0.2) is 28.8 Å². The molecule has 0 radical (unpaired) electrons. The number of nitrogens with two attached hydrogens (primary N) is 1. The molecule has 5 heteroatoms. The van der Waals surface area contributed by atoms with Crippen molar-refractivity contribution in [1.29, 1.82) is 0 Å². The van der Waals surface area contributed by atoms with Crippen LogP contribution in [0.5, 0.6) is 0 Å². The van der Waals surface area contributed by atoms with Gasteiger partial charge in [-0.05, 0) is 26.0 Å². The first kappa shape index (κ1) is 11.8. The van der Waals surface area contributed by atoms with Crippen LogP contribution in [0, 0.1) is 6.92 Å². The predicted molar refractivity (Wildman–Crippen MR) is 69.1 cm³/mol. The van der Waals surface area contributed by atoms with Crippen molar-refractivity contribution >= 4 is 23.0 Å². The number of para-hydroxylation sites is 1. The van der Waals surface area contributed by atoms with Gasteiger partial charge < -0.3 is 15.5 Å². The minimum absolute atomic E-state index is 0.0653. The average molecular weight is 252 g/mol. The van der Waals surface area contributed by atoms with Crippen molar-refractivity contribution in [3.8, 4) is 0 Å². The number of nitrogens with zero attached hydrogens (tertiary/aromatic N) is 1. The molecule has 1 heterocycles. The topological polar surface area (TPSA) is 64.1 Å². The van der Waals surface area contributed by atoms with E-state index in [4.69, 9.17) is 21.8 Å². The molecule has 1 atom stereocenters. The molecule has 0 saturated heterocycles. The lowest BCUT2D eigenvalue weighted by molar-refractivity contribution is 0.454. The third-order valence-electron chi connectivity index (χ3n) is 2.43. The number of halogens is 1. The summed E-state index contributed by atoms with van der Waals surface area (Å²) in [4.78, 5) is 4.16. The van der Waals surface area contributed by atoms with Gasteiger partial charge in [0.15, 0.2) is 0 Å². The minimum Gasteiger partial charge on any atom is -0.444 e. The SMILES string of the molecule is Cc1cnc(C(C)Nc2cccc(Cl)c2N)o1. The molecule has 0 aliphatic carbocycles. The molecule has 17 heavy (non-hydrogen) atoms. The maximum Gasteiger partial charge on any atom is 0.216 e. The summed E-state index contributed by atoms with van der Waals surface area (Å²) in [6.07, 6.45) is 1.69. The number of benzene rings is 1. The molecule has 4 nitrogen and oxygen atoms in total. The molecule has 90 valence electrons. The van der Waals surface area contributed by atoms with Crippen LogP contribution in [0.2, 0.25) is 5.02 Å². The van der Waals surface area contributed by atoms with Crippen molar-refractivity contribution in [2.24, 2.45) is 0 Å². The first-order valence-electron chi connectivity index (χ1n) is 5.31. The summed E-state index contributed by atoms with van der Waals surface area (Å²) in [7, 11) is 0. The molecule has 0 saturated carbocycles. The maximum atomic E-state index is 5.94. The van der Waals surface area contributed by atoms with Crippen molar-refractivity contribution in [1.82, 2.24) is 4.98 Å². The second-order valence-electron chi connectivity index (χ2n) is 3.88. The molecule has 0 fully saturated rings. The summed E-state index contributed by atoms with van der Waals surface area (Å²) in [5.74, 6) is 1.41. The van der Waals surface area contributed by atoms with Gasteiger partial charge in [-0.15, -0.1) is 0 Å². The van der Waals surface area contributed by atoms with Crippen LogP contribution in [0.1, 0.15) is 24.6 Å². The lowest BCUT2D eigenvalue weighted by atomic mass is 10.2. The molecule has 0 amide bonds. The van der Waals surface area contributed by atoms with E-state index in [1.807, 2.05) is 26.0 Å². The number of oxazole rings is 1. The van der Waals surface area contributed by atoms with E-state index in [2.05, 4.69) is 10.3 Å². The van der Waals surface area contributed by atoms with Crippen LogP contribution >= 0.6 is 11.6 Å². The van der Waals surface area contributed by atoms with E-state index in [9.17, 15) is 0 Å². The third kappa shape index (κ3) is 2.53. The van der Waals surface area contributed by atoms with Crippen molar-refractivity contribution in [2.75, 3.05) is 11.1 Å². The molecule has 2 rings (SSSR count). The molecule has 1 aromatic carbocycles. The Morgan fingerprint density at radius 2 is 2.24 bits per heavy atom. The Bertz CT molecular complexity index is 524. The van der Waals surface area contributed by atoms with E-state index in [0.717, 1.165) is 11.4 Å². The highest BCUT2D eigenvalue weighted by atomic mass is 35.5. The Morgan fingerprint density at radius 3 is 2.88 bits per heavy atom. The zero-order valence-electron chi connectivity index (χ0n) is 9.70. The second kappa shape index (κ2) is 4.67. The van der Waals surface area contributed by atoms with Gasteiger partial charge in [-0.1, -0.05) is 17.7 Å². The molecule has 0 spiro atoms. The van der Waals surface area contributed by atoms with Gasteiger partial charge in [-0.3, -0.25) is 0 Å². The van der Waals surface area contributed by atoms with Gasteiger partial charge in [0.25, 0.3) is 0 Å². The molecular weight excluding hydrogens is 238 g/mol. The first-order valence-corrected chi connectivity index (χ1v) is 5.68. The molecule has 1 unspecified atom stereocenters. The Hall–Kier alpha value is -1.68. The molecule has 2 aromatic rings. The number of aromatic nitrogens is 1. The number of nitrogens with one attached hydrogen (secondary N) is 1. The average Bonchev–Trinajstić information content (AvgIpc) is 2.72. The van der Waals surface area contributed by atoms with Gasteiger partial charge in [0.2, 0.25) is 5.89 Å². The van der Waals surface area contributed by atoms with Crippen molar-refractivity contribution < 1.29 is 4.42 Å². The molecule has 1 aromatic heterocycles. The number of anilines is 2. The molecule has 0 bridgehead atoms. The lowest BCUT2D eigenvalue weighted by Crippen LogP contribution is -2.08. The maximum absolute atomic E-state index is 5.94. The Labute approximate surface area is 105 Å². The van der Waals surface area contributed by atoms with Gasteiger partial charge in [0.05, 0.1) is 22.6 Å². The number of hydrogen-bond donors (Lipinski definition) is 2. The third-order valence-corrected chi connectivity index (χ3v) is 2.76. The van der Waals surface area contributed by atoms with E-state index in [1.54, 1.807) is 12.3 Å². The number of hydrogen-bond acceptors (Lipinski definition) is 4. The van der Waals surface area contributed by atoms with Crippen LogP contribution < -0.4 is 11.1 Å². The Balaban J connectivity index is 2.18. The number of nitrogen functional groups attached to an aromatic ring is 1. The largest absolute Gasteiger partial charge is 0.444 e. The van der Waals surface area contributed by atoms with Gasteiger partial charge in [0, 0.05) is 0 Å². The van der Waals surface area contributed by atoms with Crippen molar-refractivity contribution in [2.45, 2.75) is 19.9 Å². The summed E-state index contributed by atoms with van der Waals surface area (Å²) < 4.78 is 5.44. The predicted octanol–water partition coefficient (Wildman–Crippen LogP) is 3.39. The summed E-state index contributed by atoms with van der Waals surface area (Å²) >= 11 is 5.94. The van der Waals surface area contributed by atoms with Crippen LogP contribution in [0.4, 0.5) is 11.4 Å². The van der Waals surface area contributed by atoms with E-state index in [0.29, 0.717) is 16.6 Å². The highest BCUT2D eigenvalue weighted by Crippen LogP contribution is 2.29. The summed E-state index contributed by atoms with van der Waals surface area (Å²) in [5.41, 5.74) is 7.18. The fourth-order valence-corrected chi connectivity index (χ4v) is 1.70. The van der Waals surface area contributed by atoms with E-state index >= 15 is 0 Å². The van der Waals surface area contributed by atoms with Gasteiger partial charge in [0.1, 0.15) is 11.8 Å². The van der Waals surface area contributed by atoms with Crippen LogP contribution in [-0.2, 0) is 0 Å². The highest BCUT2D eigenvalue weighted by molar-refractivity contribution is 6.33. The van der Waals surface area contributed by atoms with E-state index < -0.39 is 0 Å². The fourth-order valence-electron chi connectivity index (χ4n) is 1.53. The van der Waals surface area contributed by atoms with E-state index in [1.165, 1.54) is 0 Å². The molecule has 3 N–H and O–H groups in total. The summed E-state index contributed by atoms with van der Waals surface area (Å²) in [6.45, 7) is 3.81. The van der Waals surface area contributed by atoms with Gasteiger partial charge >= 0.3 is 0 Å². The monoisotopic (exact) mass is 251 g/mol. The van der Waals surface area contributed by atoms with Gasteiger partial charge in [-0.25, -0.2) is 4.98 Å². The van der Waals surface area contributed by atoms with Crippen molar-refractivity contribution in [3.63, 3.8) is 0 Å². The highest BCUT2D eigenvalue weighted by Gasteiger charge is 2.13. The molecular formula is C12H14ClN3O. The lowest BCUT2D eigenvalue weighted by Gasteiger charge is -2.14. The molecule has 0 aliphatic rings. The van der Waals surface area contributed by atoms with Crippen LogP contribution in [-0.4, -0.2) is 4.98 Å². The number of rotatable bonds is 3. The smallest absolute Gasteiger partial charge is 0.216 e. The quantitative estimate of drug-likeness (QED) is 0.821. The molecule has 0 aliphatic heterocycles. The van der Waals surface area contributed by atoms with Crippen molar-refractivity contribution in [3.05, 3.63) is 41.1 Å². The summed E-state index contributed by atoms with van der Waals surface area (Å²) in [5, 5.41) is 3.75. The number of aryl methyl sites for hydroxylation is 1. The van der Waals surface area contributed by atoms with Gasteiger partial charge in [-0.2, -0.15) is 0 Å². The van der Waals surface area contributed by atoms with E-state index in [-0.39, 0.29) is 6.04 Å². The second-order valence-corrected chi connectivity index (χ2v) is 4.28. The standard InChI is InChI=1S/C12H14ClN3O/c1-7-6-15-12(17-7)8(2)16-10-5-3-4-9(13)11(10)14/h3-6,8,16H,14H2,1-2H3. The zero-order valence-corrected chi connectivity index (χ0v) is 10.5. The minimum atomic E-state index is -0.0653. The zero-order chi connectivity index (χ0) is 12.4. The van der Waals surface area contributed by atoms with Crippen LogP contribution in [0.3, 0.4) is 0 Å². The van der Waals surface area contributed by atoms with Crippen LogP contribution in [0.25, 0.3) is 0 Å². The Kier molecular flexibility index (Phi) is 3.24. The fraction of sp³-hybridized carbons (Fsp3) is 0.250. The Morgan fingerprint density at radius 1 is 1.47 bits per heavy atom. The normalized spacial score (nSPS) is 12.4. The summed E-state index contributed by atoms with van der Waals surface area (Å²) in [6, 6.07) is 5.40. The first-order chi connectivity index (χ1) is 8.08.